The van der Waals surface area contributed by atoms with Gasteiger partial charge in [-0.2, -0.15) is 0 Å². The van der Waals surface area contributed by atoms with Crippen molar-refractivity contribution in [2.24, 2.45) is 0 Å². The third-order valence-corrected chi connectivity index (χ3v) is 3.31. The van der Waals surface area contributed by atoms with Gasteiger partial charge in [0, 0.05) is 5.02 Å². The zero-order chi connectivity index (χ0) is 8.89. The van der Waals surface area contributed by atoms with Gasteiger partial charge in [0.1, 0.15) is 5.60 Å². The van der Waals surface area contributed by atoms with E-state index in [2.05, 4.69) is 12.1 Å². The summed E-state index contributed by atoms with van der Waals surface area (Å²) >= 11 is 5.95. The second-order valence-corrected chi connectivity index (χ2v) is 4.37. The number of aryl methyl sites for hydroxylation is 1. The van der Waals surface area contributed by atoms with Crippen LogP contribution in [0.2, 0.25) is 5.02 Å². The maximum Gasteiger partial charge on any atom is 0.117 e. The molecule has 1 fully saturated rings. The third-order valence-electron chi connectivity index (χ3n) is 3.08. The lowest BCUT2D eigenvalue weighted by molar-refractivity contribution is 0.277. The Morgan fingerprint density at radius 2 is 2.23 bits per heavy atom. The number of ether oxygens (including phenoxy) is 1. The molecule has 1 atom stereocenters. The van der Waals surface area contributed by atoms with Gasteiger partial charge in [-0.3, -0.25) is 0 Å². The number of halogens is 1. The van der Waals surface area contributed by atoms with E-state index in [1.165, 1.54) is 24.0 Å². The van der Waals surface area contributed by atoms with Gasteiger partial charge in [0.15, 0.2) is 0 Å². The Labute approximate surface area is 82.7 Å². The molecule has 0 amide bonds. The van der Waals surface area contributed by atoms with Crippen molar-refractivity contribution in [2.45, 2.75) is 24.9 Å². The van der Waals surface area contributed by atoms with E-state index < -0.39 is 0 Å². The minimum atomic E-state index is 0.0954. The van der Waals surface area contributed by atoms with Crippen LogP contribution < -0.4 is 0 Å². The number of hydrogen-bond acceptors (Lipinski definition) is 1. The van der Waals surface area contributed by atoms with Crippen LogP contribution in [-0.4, -0.2) is 6.61 Å². The van der Waals surface area contributed by atoms with E-state index in [1.54, 1.807) is 0 Å². The van der Waals surface area contributed by atoms with Crippen LogP contribution in [0.15, 0.2) is 18.2 Å². The van der Waals surface area contributed by atoms with E-state index >= 15 is 0 Å². The van der Waals surface area contributed by atoms with Crippen LogP contribution in [0.25, 0.3) is 0 Å². The van der Waals surface area contributed by atoms with Gasteiger partial charge >= 0.3 is 0 Å². The van der Waals surface area contributed by atoms with Gasteiger partial charge in [0.05, 0.1) is 6.61 Å². The summed E-state index contributed by atoms with van der Waals surface area (Å²) in [6.45, 7) is 0.904. The van der Waals surface area contributed by atoms with Crippen LogP contribution in [0.3, 0.4) is 0 Å². The zero-order valence-electron chi connectivity index (χ0n) is 7.35. The molecule has 1 aromatic carbocycles. The van der Waals surface area contributed by atoms with Crippen LogP contribution in [0.4, 0.5) is 0 Å². The normalized spacial score (nSPS) is 30.2. The van der Waals surface area contributed by atoms with Gasteiger partial charge in [-0.25, -0.2) is 0 Å². The average Bonchev–Trinajstić information content (AvgIpc) is 2.86. The average molecular weight is 195 g/mol. The van der Waals surface area contributed by atoms with Crippen molar-refractivity contribution < 1.29 is 4.74 Å². The highest BCUT2D eigenvalue weighted by atomic mass is 35.5. The first-order valence-electron chi connectivity index (χ1n) is 4.73. The van der Waals surface area contributed by atoms with Gasteiger partial charge < -0.3 is 4.74 Å². The van der Waals surface area contributed by atoms with Crippen LogP contribution in [0.1, 0.15) is 24.0 Å². The van der Waals surface area contributed by atoms with Gasteiger partial charge in [0.25, 0.3) is 0 Å². The number of rotatable bonds is 0. The fourth-order valence-electron chi connectivity index (χ4n) is 2.30. The Morgan fingerprint density at radius 3 is 3.00 bits per heavy atom. The summed E-state index contributed by atoms with van der Waals surface area (Å²) in [5, 5.41) is 0.844. The predicted molar refractivity (Wildman–Crippen MR) is 52.0 cm³/mol. The molecule has 2 aliphatic rings. The molecule has 1 aromatic rings. The molecule has 2 heteroatoms. The summed E-state index contributed by atoms with van der Waals surface area (Å²) in [5.41, 5.74) is 2.86. The molecular weight excluding hydrogens is 184 g/mol. The Balaban J connectivity index is 2.15. The summed E-state index contributed by atoms with van der Waals surface area (Å²) in [6, 6.07) is 6.18. The SMILES string of the molecule is Clc1ccc2c(c1)CCC[C@@]21CO1. The molecule has 0 radical (unpaired) electrons. The minimum absolute atomic E-state index is 0.0954. The van der Waals surface area contributed by atoms with Gasteiger partial charge in [-0.1, -0.05) is 17.7 Å². The van der Waals surface area contributed by atoms with Gasteiger partial charge in [0.2, 0.25) is 0 Å². The van der Waals surface area contributed by atoms with E-state index in [4.69, 9.17) is 16.3 Å². The fraction of sp³-hybridized carbons (Fsp3) is 0.455. The molecule has 0 N–H and O–H groups in total. The van der Waals surface area contributed by atoms with Crippen LogP contribution in [0, 0.1) is 0 Å². The van der Waals surface area contributed by atoms with E-state index in [-0.39, 0.29) is 5.60 Å². The first kappa shape index (κ1) is 7.84. The molecule has 1 heterocycles. The molecule has 3 rings (SSSR count). The molecule has 0 aromatic heterocycles. The van der Waals surface area contributed by atoms with Crippen molar-refractivity contribution in [1.82, 2.24) is 0 Å². The van der Waals surface area contributed by atoms with E-state index in [1.807, 2.05) is 6.07 Å². The Kier molecular flexibility index (Phi) is 1.50. The van der Waals surface area contributed by atoms with Crippen molar-refractivity contribution >= 4 is 11.6 Å². The maximum absolute atomic E-state index is 5.95. The molecular formula is C11H11ClO. The van der Waals surface area contributed by atoms with Gasteiger partial charge in [-0.15, -0.1) is 0 Å². The van der Waals surface area contributed by atoms with E-state index in [0.717, 1.165) is 18.1 Å². The Bertz CT molecular complexity index is 355. The summed E-state index contributed by atoms with van der Waals surface area (Å²) < 4.78 is 5.56. The van der Waals surface area contributed by atoms with E-state index in [0.29, 0.717) is 0 Å². The second-order valence-electron chi connectivity index (χ2n) is 3.94. The van der Waals surface area contributed by atoms with Crippen LogP contribution in [-0.2, 0) is 16.8 Å². The van der Waals surface area contributed by atoms with Crippen LogP contribution >= 0.6 is 11.6 Å². The quantitative estimate of drug-likeness (QED) is 0.579. The Morgan fingerprint density at radius 1 is 1.38 bits per heavy atom. The number of hydrogen-bond donors (Lipinski definition) is 0. The fourth-order valence-corrected chi connectivity index (χ4v) is 2.49. The smallest absolute Gasteiger partial charge is 0.117 e. The molecule has 1 nitrogen and oxygen atoms in total. The lowest BCUT2D eigenvalue weighted by atomic mass is 9.83. The lowest BCUT2D eigenvalue weighted by Gasteiger charge is -2.22. The van der Waals surface area contributed by atoms with Crippen LogP contribution in [0.5, 0.6) is 0 Å². The highest BCUT2D eigenvalue weighted by Gasteiger charge is 2.48. The second kappa shape index (κ2) is 2.49. The molecule has 1 aliphatic carbocycles. The highest BCUT2D eigenvalue weighted by molar-refractivity contribution is 6.30. The molecule has 1 spiro atoms. The monoisotopic (exact) mass is 194 g/mol. The molecule has 0 unspecified atom stereocenters. The highest BCUT2D eigenvalue weighted by Crippen LogP contribution is 2.48. The topological polar surface area (TPSA) is 12.5 Å². The summed E-state index contributed by atoms with van der Waals surface area (Å²) in [7, 11) is 0. The van der Waals surface area contributed by atoms with E-state index in [9.17, 15) is 0 Å². The number of benzene rings is 1. The van der Waals surface area contributed by atoms with Crippen molar-refractivity contribution in [1.29, 1.82) is 0 Å². The summed E-state index contributed by atoms with van der Waals surface area (Å²) in [5.74, 6) is 0. The summed E-state index contributed by atoms with van der Waals surface area (Å²) in [6.07, 6.45) is 3.57. The third kappa shape index (κ3) is 1.11. The molecule has 1 saturated heterocycles. The van der Waals surface area contributed by atoms with Crippen molar-refractivity contribution in [2.75, 3.05) is 6.61 Å². The maximum atomic E-state index is 5.95. The first-order chi connectivity index (χ1) is 6.30. The standard InChI is InChI=1S/C11H11ClO/c12-9-3-4-10-8(6-9)2-1-5-11(10)7-13-11/h3-4,6H,1-2,5,7H2/t11-/m1/s1. The number of epoxide rings is 1. The largest absolute Gasteiger partial charge is 0.364 e. The van der Waals surface area contributed by atoms with Gasteiger partial charge in [-0.05, 0) is 42.5 Å². The lowest BCUT2D eigenvalue weighted by Crippen LogP contribution is -2.17. The molecule has 1 aliphatic heterocycles. The molecule has 0 saturated carbocycles. The van der Waals surface area contributed by atoms with Crippen molar-refractivity contribution in [3.05, 3.63) is 34.3 Å². The number of fused-ring (bicyclic) bond motifs is 2. The minimum Gasteiger partial charge on any atom is -0.364 e. The molecule has 68 valence electrons. The Hall–Kier alpha value is -0.530. The predicted octanol–water partition coefficient (Wildman–Crippen LogP) is 2.90. The molecule has 0 bridgehead atoms. The first-order valence-corrected chi connectivity index (χ1v) is 5.11. The summed E-state index contributed by atoms with van der Waals surface area (Å²) in [4.78, 5) is 0. The van der Waals surface area contributed by atoms with Crippen molar-refractivity contribution in [3.8, 4) is 0 Å². The zero-order valence-corrected chi connectivity index (χ0v) is 8.10. The van der Waals surface area contributed by atoms with Crippen molar-refractivity contribution in [3.63, 3.8) is 0 Å². The molecule has 13 heavy (non-hydrogen) atoms.